The van der Waals surface area contributed by atoms with Gasteiger partial charge in [0.25, 0.3) is 0 Å². The summed E-state index contributed by atoms with van der Waals surface area (Å²) in [5.41, 5.74) is 1.60. The average Bonchev–Trinajstić information content (AvgIpc) is 3.08. The molecule has 1 aromatic carbocycles. The number of anilines is 1. The molecule has 150 valence electrons. The van der Waals surface area contributed by atoms with E-state index in [4.69, 9.17) is 4.74 Å². The lowest BCUT2D eigenvalue weighted by Gasteiger charge is -2.24. The van der Waals surface area contributed by atoms with Crippen LogP contribution in [0.4, 0.5) is 9.93 Å². The van der Waals surface area contributed by atoms with E-state index in [1.54, 1.807) is 24.0 Å². The number of nitrogens with one attached hydrogen (secondary N) is 1. The zero-order chi connectivity index (χ0) is 20.3. The Labute approximate surface area is 167 Å². The number of sulfone groups is 1. The number of ether oxygens (including phenoxy) is 1. The largest absolute Gasteiger partial charge is 0.453 e. The van der Waals surface area contributed by atoms with Crippen molar-refractivity contribution >= 4 is 38.3 Å². The normalized spacial score (nSPS) is 13.7. The van der Waals surface area contributed by atoms with Crippen molar-refractivity contribution in [1.82, 2.24) is 9.88 Å². The Hall–Kier alpha value is -2.46. The van der Waals surface area contributed by atoms with E-state index in [2.05, 4.69) is 10.3 Å². The Morgan fingerprint density at radius 1 is 1.29 bits per heavy atom. The van der Waals surface area contributed by atoms with Gasteiger partial charge in [0.1, 0.15) is 0 Å². The molecule has 1 N–H and O–H groups in total. The second-order valence-electron chi connectivity index (χ2n) is 6.30. The predicted octanol–water partition coefficient (Wildman–Crippen LogP) is 2.24. The molecule has 0 unspecified atom stereocenters. The highest BCUT2D eigenvalue weighted by molar-refractivity contribution is 7.91. The van der Waals surface area contributed by atoms with Crippen molar-refractivity contribution in [1.29, 1.82) is 0 Å². The van der Waals surface area contributed by atoms with Gasteiger partial charge in [0.2, 0.25) is 5.91 Å². The Bertz CT molecular complexity index is 983. The maximum atomic E-state index is 12.3. The van der Waals surface area contributed by atoms with Crippen LogP contribution in [0, 0.1) is 0 Å². The van der Waals surface area contributed by atoms with Gasteiger partial charge in [-0.05, 0) is 17.7 Å². The number of hydrogen-bond donors (Lipinski definition) is 1. The third-order valence-corrected chi connectivity index (χ3v) is 7.19. The summed E-state index contributed by atoms with van der Waals surface area (Å²) in [7, 11) is -1.90. The molecule has 0 aliphatic carbocycles. The summed E-state index contributed by atoms with van der Waals surface area (Å²) < 4.78 is 28.4. The molecule has 10 heteroatoms. The van der Waals surface area contributed by atoms with E-state index in [-0.39, 0.29) is 29.1 Å². The molecule has 1 aliphatic heterocycles. The van der Waals surface area contributed by atoms with Crippen molar-refractivity contribution < 1.29 is 22.7 Å². The molecule has 0 fully saturated rings. The first-order chi connectivity index (χ1) is 13.3. The van der Waals surface area contributed by atoms with E-state index < -0.39 is 9.84 Å². The van der Waals surface area contributed by atoms with Crippen molar-refractivity contribution in [2.24, 2.45) is 0 Å². The van der Waals surface area contributed by atoms with Gasteiger partial charge in [0.15, 0.2) is 15.0 Å². The molecule has 2 aromatic rings. The quantitative estimate of drug-likeness (QED) is 0.791. The lowest BCUT2D eigenvalue weighted by molar-refractivity contribution is -0.115. The smallest absolute Gasteiger partial charge is 0.409 e. The maximum absolute atomic E-state index is 12.3. The second kappa shape index (κ2) is 8.27. The molecule has 0 radical (unpaired) electrons. The highest BCUT2D eigenvalue weighted by Gasteiger charge is 2.25. The Kier molecular flexibility index (Phi) is 5.99. The summed E-state index contributed by atoms with van der Waals surface area (Å²) >= 11 is 1.34. The molecule has 2 amide bonds. The molecule has 0 saturated heterocycles. The highest BCUT2D eigenvalue weighted by atomic mass is 32.2. The van der Waals surface area contributed by atoms with Gasteiger partial charge in [-0.15, -0.1) is 0 Å². The van der Waals surface area contributed by atoms with Crippen LogP contribution < -0.4 is 5.32 Å². The van der Waals surface area contributed by atoms with Crippen molar-refractivity contribution in [3.05, 3.63) is 40.4 Å². The van der Waals surface area contributed by atoms with Crippen LogP contribution in [0.2, 0.25) is 0 Å². The fraction of sp³-hybridized carbons (Fsp3) is 0.389. The molecule has 8 nitrogen and oxygen atoms in total. The van der Waals surface area contributed by atoms with E-state index in [1.165, 1.54) is 30.6 Å². The summed E-state index contributed by atoms with van der Waals surface area (Å²) in [6.07, 6.45) is 0.355. The minimum absolute atomic E-state index is 0.0367. The number of rotatable bonds is 5. The molecule has 0 bridgehead atoms. The van der Waals surface area contributed by atoms with Crippen molar-refractivity contribution in [3.63, 3.8) is 0 Å². The lowest BCUT2D eigenvalue weighted by Crippen LogP contribution is -2.35. The van der Waals surface area contributed by atoms with E-state index in [0.717, 1.165) is 10.6 Å². The number of aromatic nitrogens is 1. The van der Waals surface area contributed by atoms with Gasteiger partial charge in [-0.2, -0.15) is 0 Å². The van der Waals surface area contributed by atoms with Crippen molar-refractivity contribution in [2.75, 3.05) is 24.7 Å². The molecule has 0 saturated carbocycles. The molecule has 28 heavy (non-hydrogen) atoms. The Morgan fingerprint density at radius 3 is 2.64 bits per heavy atom. The van der Waals surface area contributed by atoms with Crippen LogP contribution in [0.1, 0.15) is 23.1 Å². The first-order valence-corrected chi connectivity index (χ1v) is 11.2. The predicted molar refractivity (Wildman–Crippen MR) is 105 cm³/mol. The van der Waals surface area contributed by atoms with Crippen molar-refractivity contribution in [3.8, 4) is 0 Å². The van der Waals surface area contributed by atoms with Crippen LogP contribution in [-0.2, 0) is 38.8 Å². The topological polar surface area (TPSA) is 106 Å². The zero-order valence-electron chi connectivity index (χ0n) is 15.6. The van der Waals surface area contributed by atoms with E-state index in [0.29, 0.717) is 30.2 Å². The maximum Gasteiger partial charge on any atom is 0.409 e. The number of nitrogens with zero attached hydrogens (tertiary/aromatic N) is 2. The van der Waals surface area contributed by atoms with Gasteiger partial charge in [-0.25, -0.2) is 18.2 Å². The fourth-order valence-corrected chi connectivity index (χ4v) is 4.79. The summed E-state index contributed by atoms with van der Waals surface area (Å²) in [5.74, 6) is -0.198. The minimum atomic E-state index is -3.25. The molecule has 3 rings (SSSR count). The molecular formula is C18H21N3O5S2. The summed E-state index contributed by atoms with van der Waals surface area (Å²) in [6.45, 7) is 2.54. The molecule has 0 atom stereocenters. The van der Waals surface area contributed by atoms with Crippen LogP contribution in [0.15, 0.2) is 29.2 Å². The van der Waals surface area contributed by atoms with Crippen LogP contribution >= 0.6 is 11.3 Å². The van der Waals surface area contributed by atoms with Crippen LogP contribution in [-0.4, -0.2) is 49.7 Å². The minimum Gasteiger partial charge on any atom is -0.453 e. The number of fused-ring (bicyclic) bond motifs is 1. The first-order valence-electron chi connectivity index (χ1n) is 8.75. The number of carbonyl (C=O) groups is 2. The molecule has 1 aromatic heterocycles. The van der Waals surface area contributed by atoms with Gasteiger partial charge in [0.05, 0.1) is 36.4 Å². The third kappa shape index (κ3) is 4.50. The van der Waals surface area contributed by atoms with Crippen LogP contribution in [0.3, 0.4) is 0 Å². The molecular weight excluding hydrogens is 402 g/mol. The van der Waals surface area contributed by atoms with Crippen LogP contribution in [0.5, 0.6) is 0 Å². The monoisotopic (exact) mass is 423 g/mol. The van der Waals surface area contributed by atoms with E-state index in [1.807, 2.05) is 0 Å². The first kappa shape index (κ1) is 20.3. The number of benzene rings is 1. The fourth-order valence-electron chi connectivity index (χ4n) is 2.86. The third-order valence-electron chi connectivity index (χ3n) is 4.44. The summed E-state index contributed by atoms with van der Waals surface area (Å²) in [5, 5.41) is 3.27. The molecule has 2 heterocycles. The molecule has 1 aliphatic rings. The number of thiazole rings is 1. The van der Waals surface area contributed by atoms with E-state index in [9.17, 15) is 18.0 Å². The number of hydrogen-bond acceptors (Lipinski definition) is 7. The number of amides is 2. The molecule has 0 spiro atoms. The van der Waals surface area contributed by atoms with Gasteiger partial charge < -0.3 is 15.0 Å². The Balaban J connectivity index is 1.62. The lowest BCUT2D eigenvalue weighted by atomic mass is 10.1. The standard InChI is InChI=1S/C18H21N3O5S2/c1-3-28(24,25)13-6-4-12(5-7-13)10-16(22)20-17-19-14-8-9-21(18(23)26-2)11-15(14)27-17/h4-7H,3,8-11H2,1-2H3,(H,19,20,22). The van der Waals surface area contributed by atoms with Crippen molar-refractivity contribution in [2.45, 2.75) is 31.2 Å². The van der Waals surface area contributed by atoms with Gasteiger partial charge >= 0.3 is 6.09 Å². The van der Waals surface area contributed by atoms with E-state index >= 15 is 0 Å². The van der Waals surface area contributed by atoms with Gasteiger partial charge in [-0.1, -0.05) is 30.4 Å². The summed E-state index contributed by atoms with van der Waals surface area (Å²) in [6, 6.07) is 6.32. The number of carbonyl (C=O) groups excluding carboxylic acids is 2. The van der Waals surface area contributed by atoms with Gasteiger partial charge in [-0.3, -0.25) is 4.79 Å². The Morgan fingerprint density at radius 2 is 2.00 bits per heavy atom. The second-order valence-corrected chi connectivity index (χ2v) is 9.66. The zero-order valence-corrected chi connectivity index (χ0v) is 17.2. The van der Waals surface area contributed by atoms with Crippen LogP contribution in [0.25, 0.3) is 0 Å². The number of methoxy groups -OCH3 is 1. The SMILES string of the molecule is CCS(=O)(=O)c1ccc(CC(=O)Nc2nc3c(s2)CN(C(=O)OC)CC3)cc1. The highest BCUT2D eigenvalue weighted by Crippen LogP contribution is 2.28. The van der Waals surface area contributed by atoms with Gasteiger partial charge in [0, 0.05) is 17.8 Å². The average molecular weight is 424 g/mol. The summed E-state index contributed by atoms with van der Waals surface area (Å²) in [4.78, 5) is 31.2.